The minimum absolute atomic E-state index is 0.125. The third kappa shape index (κ3) is 4.79. The van der Waals surface area contributed by atoms with Crippen LogP contribution in [0.2, 0.25) is 10.0 Å². The highest BCUT2D eigenvalue weighted by molar-refractivity contribution is 7.99. The molecule has 1 unspecified atom stereocenters. The molecule has 1 aromatic heterocycles. The van der Waals surface area contributed by atoms with E-state index in [0.717, 1.165) is 10.9 Å². The molecular weight excluding hydrogens is 453 g/mol. The maximum Gasteiger partial charge on any atom is 0.230 e. The molecule has 158 valence electrons. The normalized spacial score (nSPS) is 12.1. The maximum absolute atomic E-state index is 12.5. The predicted molar refractivity (Wildman–Crippen MR) is 127 cm³/mol. The Kier molecular flexibility index (Phi) is 6.36. The first kappa shape index (κ1) is 21.5. The summed E-state index contributed by atoms with van der Waals surface area (Å²) < 4.78 is 1.32. The molecule has 0 spiro atoms. The summed E-state index contributed by atoms with van der Waals surface area (Å²) in [5.41, 5.74) is 1.65. The van der Waals surface area contributed by atoms with E-state index in [9.17, 15) is 4.79 Å². The number of hydrogen-bond donors (Lipinski definition) is 2. The van der Waals surface area contributed by atoms with Crippen molar-refractivity contribution in [2.75, 3.05) is 11.6 Å². The molecule has 0 fully saturated rings. The average Bonchev–Trinajstić information content (AvgIpc) is 3.12. The zero-order chi connectivity index (χ0) is 22.0. The van der Waals surface area contributed by atoms with Gasteiger partial charge in [-0.25, -0.2) is 4.68 Å². The fraction of sp³-hybridized carbons (Fsp3) is 0.136. The number of nitrogen functional groups attached to an aromatic ring is 1. The van der Waals surface area contributed by atoms with Gasteiger partial charge in [-0.05, 0) is 47.5 Å². The van der Waals surface area contributed by atoms with Crippen molar-refractivity contribution in [3.63, 3.8) is 0 Å². The first-order chi connectivity index (χ1) is 14.9. The Labute approximate surface area is 193 Å². The third-order valence-corrected chi connectivity index (χ3v) is 6.31. The van der Waals surface area contributed by atoms with Gasteiger partial charge < -0.3 is 11.2 Å². The van der Waals surface area contributed by atoms with Gasteiger partial charge in [0.05, 0.1) is 16.8 Å². The molecule has 0 radical (unpaired) electrons. The molecule has 0 aliphatic carbocycles. The first-order valence-electron chi connectivity index (χ1n) is 9.49. The van der Waals surface area contributed by atoms with Gasteiger partial charge >= 0.3 is 0 Å². The van der Waals surface area contributed by atoms with Crippen molar-refractivity contribution in [2.45, 2.75) is 18.1 Å². The number of benzene rings is 3. The Bertz CT molecular complexity index is 1260. The summed E-state index contributed by atoms with van der Waals surface area (Å²) in [7, 11) is 0. The summed E-state index contributed by atoms with van der Waals surface area (Å²) >= 11 is 13.4. The lowest BCUT2D eigenvalue weighted by Gasteiger charge is -2.15. The fourth-order valence-corrected chi connectivity index (χ4v) is 4.36. The summed E-state index contributed by atoms with van der Waals surface area (Å²) in [4.78, 5) is 12.5. The lowest BCUT2D eigenvalue weighted by Crippen LogP contribution is -2.28. The highest BCUT2D eigenvalue weighted by atomic mass is 35.5. The maximum atomic E-state index is 12.5. The number of aromatic nitrogens is 3. The number of nitrogens with one attached hydrogen (secondary N) is 1. The van der Waals surface area contributed by atoms with E-state index in [4.69, 9.17) is 29.0 Å². The van der Waals surface area contributed by atoms with Crippen molar-refractivity contribution in [3.8, 4) is 11.4 Å². The largest absolute Gasteiger partial charge is 0.349 e. The minimum Gasteiger partial charge on any atom is -0.349 e. The fourth-order valence-electron chi connectivity index (χ4n) is 3.20. The van der Waals surface area contributed by atoms with Crippen LogP contribution in [0.15, 0.2) is 65.8 Å². The van der Waals surface area contributed by atoms with Crippen LogP contribution in [0.25, 0.3) is 22.2 Å². The van der Waals surface area contributed by atoms with E-state index in [0.29, 0.717) is 26.6 Å². The predicted octanol–water partition coefficient (Wildman–Crippen LogP) is 5.09. The van der Waals surface area contributed by atoms with Crippen molar-refractivity contribution in [2.24, 2.45) is 0 Å². The van der Waals surface area contributed by atoms with Crippen LogP contribution in [0.4, 0.5) is 0 Å². The summed E-state index contributed by atoms with van der Waals surface area (Å²) in [6, 6.07) is 19.2. The molecule has 9 heteroatoms. The number of hydrogen-bond acceptors (Lipinski definition) is 5. The number of nitrogens with two attached hydrogens (primary N) is 1. The molecule has 31 heavy (non-hydrogen) atoms. The van der Waals surface area contributed by atoms with Gasteiger partial charge in [-0.3, -0.25) is 4.79 Å². The number of amides is 1. The van der Waals surface area contributed by atoms with E-state index in [2.05, 4.69) is 39.8 Å². The van der Waals surface area contributed by atoms with Gasteiger partial charge in [0.1, 0.15) is 0 Å². The van der Waals surface area contributed by atoms with Gasteiger partial charge in [0, 0.05) is 10.6 Å². The lowest BCUT2D eigenvalue weighted by molar-refractivity contribution is -0.119. The highest BCUT2D eigenvalue weighted by Crippen LogP contribution is 2.30. The molecule has 3 N–H and O–H groups in total. The van der Waals surface area contributed by atoms with Gasteiger partial charge in [-0.15, -0.1) is 10.2 Å². The molecule has 0 bridgehead atoms. The van der Waals surface area contributed by atoms with Crippen LogP contribution in [0, 0.1) is 0 Å². The lowest BCUT2D eigenvalue weighted by atomic mass is 10.0. The van der Waals surface area contributed by atoms with Crippen molar-refractivity contribution in [1.29, 1.82) is 0 Å². The topological polar surface area (TPSA) is 85.8 Å². The molecule has 1 atom stereocenters. The molecule has 0 aliphatic rings. The summed E-state index contributed by atoms with van der Waals surface area (Å²) in [5, 5.41) is 14.8. The number of nitrogens with zero attached hydrogens (tertiary/aromatic N) is 3. The molecule has 0 saturated carbocycles. The van der Waals surface area contributed by atoms with E-state index in [1.807, 2.05) is 25.1 Å². The number of rotatable bonds is 6. The first-order valence-corrected chi connectivity index (χ1v) is 11.2. The molecule has 4 rings (SSSR count). The Morgan fingerprint density at radius 2 is 1.87 bits per heavy atom. The number of fused-ring (bicyclic) bond motifs is 1. The van der Waals surface area contributed by atoms with Crippen LogP contribution in [0.1, 0.15) is 18.5 Å². The van der Waals surface area contributed by atoms with E-state index in [1.165, 1.54) is 21.8 Å². The number of carbonyl (C=O) groups is 1. The Hall–Kier alpha value is -2.74. The molecule has 6 nitrogen and oxygen atoms in total. The van der Waals surface area contributed by atoms with Crippen LogP contribution in [-0.2, 0) is 4.79 Å². The van der Waals surface area contributed by atoms with Crippen LogP contribution in [0.3, 0.4) is 0 Å². The van der Waals surface area contributed by atoms with Crippen LogP contribution in [0.5, 0.6) is 0 Å². The van der Waals surface area contributed by atoms with E-state index in [1.54, 1.807) is 18.2 Å². The molecule has 4 aromatic rings. The van der Waals surface area contributed by atoms with Crippen LogP contribution >= 0.6 is 35.0 Å². The van der Waals surface area contributed by atoms with E-state index in [-0.39, 0.29) is 17.7 Å². The molecule has 0 aliphatic heterocycles. The smallest absolute Gasteiger partial charge is 0.230 e. The molecule has 1 heterocycles. The van der Waals surface area contributed by atoms with Crippen LogP contribution < -0.4 is 11.2 Å². The third-order valence-electron chi connectivity index (χ3n) is 4.82. The van der Waals surface area contributed by atoms with Crippen molar-refractivity contribution >= 4 is 51.6 Å². The second-order valence-corrected chi connectivity index (χ2v) is 8.77. The number of halogens is 2. The van der Waals surface area contributed by atoms with Crippen molar-refractivity contribution in [1.82, 2.24) is 20.2 Å². The second-order valence-electron chi connectivity index (χ2n) is 6.98. The molecule has 3 aromatic carbocycles. The zero-order valence-electron chi connectivity index (χ0n) is 16.5. The second kappa shape index (κ2) is 9.18. The van der Waals surface area contributed by atoms with E-state index >= 15 is 0 Å². The molecule has 0 saturated heterocycles. The van der Waals surface area contributed by atoms with Gasteiger partial charge in [0.15, 0.2) is 5.82 Å². The van der Waals surface area contributed by atoms with Crippen LogP contribution in [-0.4, -0.2) is 26.5 Å². The van der Waals surface area contributed by atoms with Gasteiger partial charge in [0.25, 0.3) is 0 Å². The zero-order valence-corrected chi connectivity index (χ0v) is 18.9. The summed E-state index contributed by atoms with van der Waals surface area (Å²) in [6.07, 6.45) is 0. The minimum atomic E-state index is -0.128. The Morgan fingerprint density at radius 1 is 1.10 bits per heavy atom. The average molecular weight is 472 g/mol. The van der Waals surface area contributed by atoms with Gasteiger partial charge in [0.2, 0.25) is 11.1 Å². The standard InChI is InChI=1S/C22H19Cl2N5OS/c1-13(15-7-6-14-4-2-3-5-16(14)10-15)26-20(30)12-31-22-28-27-21(29(22)25)18-9-8-17(23)11-19(18)24/h2-11,13H,12,25H2,1H3,(H,26,30). The Morgan fingerprint density at radius 3 is 2.65 bits per heavy atom. The van der Waals surface area contributed by atoms with Crippen molar-refractivity contribution in [3.05, 3.63) is 76.3 Å². The summed E-state index contributed by atoms with van der Waals surface area (Å²) in [5.74, 6) is 6.55. The number of thioether (sulfide) groups is 1. The quantitative estimate of drug-likeness (QED) is 0.302. The SMILES string of the molecule is CC(NC(=O)CSc1nnc(-c2ccc(Cl)cc2Cl)n1N)c1ccc2ccccc2c1. The number of carbonyl (C=O) groups excluding carboxylic acids is 1. The highest BCUT2D eigenvalue weighted by Gasteiger charge is 2.17. The van der Waals surface area contributed by atoms with E-state index < -0.39 is 0 Å². The Balaban J connectivity index is 1.40. The van der Waals surface area contributed by atoms with Gasteiger partial charge in [-0.2, -0.15) is 0 Å². The van der Waals surface area contributed by atoms with Crippen molar-refractivity contribution < 1.29 is 4.79 Å². The van der Waals surface area contributed by atoms with Gasteiger partial charge in [-0.1, -0.05) is 71.4 Å². The molecule has 1 amide bonds. The molecular formula is C22H19Cl2N5OS. The summed E-state index contributed by atoms with van der Waals surface area (Å²) in [6.45, 7) is 1.96. The monoisotopic (exact) mass is 471 g/mol.